The molecule has 4 rings (SSSR count). The van der Waals surface area contributed by atoms with Crippen LogP contribution >= 0.6 is 0 Å². The zero-order valence-electron chi connectivity index (χ0n) is 14.6. The van der Waals surface area contributed by atoms with Crippen LogP contribution in [0.3, 0.4) is 0 Å². The van der Waals surface area contributed by atoms with Gasteiger partial charge in [0.1, 0.15) is 0 Å². The Hall–Kier alpha value is -2.53. The number of aromatic nitrogens is 2. The number of anilines is 2. The highest BCUT2D eigenvalue weighted by Gasteiger charge is 2.20. The molecule has 0 saturated carbocycles. The van der Waals surface area contributed by atoms with Gasteiger partial charge in [-0.15, -0.1) is 0 Å². The maximum atomic E-state index is 6.05. The highest BCUT2D eigenvalue weighted by molar-refractivity contribution is 5.81. The lowest BCUT2D eigenvalue weighted by atomic mass is 10.0. The second kappa shape index (κ2) is 6.76. The normalized spacial score (nSPS) is 18.5. The fraction of sp³-hybridized carbons (Fsp3) is 0.350. The van der Waals surface area contributed by atoms with E-state index >= 15 is 0 Å². The number of piperidine rings is 1. The number of fused-ring (bicyclic) bond motifs is 1. The number of rotatable bonds is 4. The van der Waals surface area contributed by atoms with E-state index in [1.165, 1.54) is 24.1 Å². The van der Waals surface area contributed by atoms with E-state index in [1.807, 2.05) is 6.20 Å². The molecular formula is C20H25N5. The van der Waals surface area contributed by atoms with Crippen LogP contribution in [-0.2, 0) is 6.54 Å². The molecule has 130 valence electrons. The number of hydrogen-bond acceptors (Lipinski definition) is 4. The molecule has 1 unspecified atom stereocenters. The fourth-order valence-corrected chi connectivity index (χ4v) is 3.63. The SMILES string of the molecule is Cc1ccc(CN2CCCC(Nc3ccc4[nH]ncc4c3)C2)cc1N. The number of likely N-dealkylation sites (tertiary alicyclic amines) is 1. The maximum absolute atomic E-state index is 6.05. The van der Waals surface area contributed by atoms with Gasteiger partial charge in [-0.3, -0.25) is 10.00 Å². The van der Waals surface area contributed by atoms with Gasteiger partial charge in [0, 0.05) is 35.9 Å². The number of hydrogen-bond donors (Lipinski definition) is 3. The fourth-order valence-electron chi connectivity index (χ4n) is 3.63. The zero-order valence-corrected chi connectivity index (χ0v) is 14.6. The second-order valence-corrected chi connectivity index (χ2v) is 7.08. The van der Waals surface area contributed by atoms with Crippen molar-refractivity contribution in [3.63, 3.8) is 0 Å². The van der Waals surface area contributed by atoms with Crippen molar-refractivity contribution >= 4 is 22.3 Å². The van der Waals surface area contributed by atoms with Crippen LogP contribution in [0.15, 0.2) is 42.6 Å². The average Bonchev–Trinajstić information content (AvgIpc) is 3.06. The lowest BCUT2D eigenvalue weighted by Gasteiger charge is -2.33. The van der Waals surface area contributed by atoms with Crippen molar-refractivity contribution in [1.29, 1.82) is 0 Å². The van der Waals surface area contributed by atoms with Gasteiger partial charge in [-0.05, 0) is 61.7 Å². The lowest BCUT2D eigenvalue weighted by Crippen LogP contribution is -2.41. The molecular weight excluding hydrogens is 310 g/mol. The minimum Gasteiger partial charge on any atom is -0.399 e. The number of H-pyrrole nitrogens is 1. The molecule has 0 radical (unpaired) electrons. The molecule has 1 fully saturated rings. The van der Waals surface area contributed by atoms with E-state index < -0.39 is 0 Å². The number of nitrogen functional groups attached to an aromatic ring is 1. The highest BCUT2D eigenvalue weighted by Crippen LogP contribution is 2.22. The van der Waals surface area contributed by atoms with Crippen molar-refractivity contribution in [2.24, 2.45) is 0 Å². The summed E-state index contributed by atoms with van der Waals surface area (Å²) in [5, 5.41) is 11.9. The van der Waals surface area contributed by atoms with Crippen molar-refractivity contribution in [2.45, 2.75) is 32.4 Å². The van der Waals surface area contributed by atoms with Crippen LogP contribution in [0.1, 0.15) is 24.0 Å². The van der Waals surface area contributed by atoms with E-state index in [2.05, 4.69) is 63.7 Å². The van der Waals surface area contributed by atoms with Crippen molar-refractivity contribution in [2.75, 3.05) is 24.1 Å². The number of nitrogens with one attached hydrogen (secondary N) is 2. The first kappa shape index (κ1) is 16.0. The molecule has 1 aliphatic rings. The first-order valence-electron chi connectivity index (χ1n) is 8.94. The lowest BCUT2D eigenvalue weighted by molar-refractivity contribution is 0.208. The van der Waals surface area contributed by atoms with Gasteiger partial charge in [0.25, 0.3) is 0 Å². The van der Waals surface area contributed by atoms with Crippen molar-refractivity contribution in [3.05, 3.63) is 53.7 Å². The number of benzene rings is 2. The van der Waals surface area contributed by atoms with Crippen LogP contribution in [-0.4, -0.2) is 34.2 Å². The first-order chi connectivity index (χ1) is 12.2. The summed E-state index contributed by atoms with van der Waals surface area (Å²) in [6, 6.07) is 13.3. The van der Waals surface area contributed by atoms with Crippen molar-refractivity contribution < 1.29 is 0 Å². The van der Waals surface area contributed by atoms with Crippen LogP contribution in [0.2, 0.25) is 0 Å². The predicted octanol–water partition coefficient (Wildman–Crippen LogP) is 3.53. The quantitative estimate of drug-likeness (QED) is 0.638. The molecule has 4 N–H and O–H groups in total. The predicted molar refractivity (Wildman–Crippen MR) is 104 cm³/mol. The number of aromatic amines is 1. The maximum Gasteiger partial charge on any atom is 0.0651 e. The molecule has 2 aromatic carbocycles. The van der Waals surface area contributed by atoms with E-state index in [0.29, 0.717) is 6.04 Å². The molecule has 25 heavy (non-hydrogen) atoms. The van der Waals surface area contributed by atoms with Gasteiger partial charge < -0.3 is 11.1 Å². The summed E-state index contributed by atoms with van der Waals surface area (Å²) in [5.41, 5.74) is 11.6. The second-order valence-electron chi connectivity index (χ2n) is 7.08. The summed E-state index contributed by atoms with van der Waals surface area (Å²) in [6.45, 7) is 5.21. The Morgan fingerprint density at radius 3 is 3.08 bits per heavy atom. The zero-order chi connectivity index (χ0) is 17.2. The summed E-state index contributed by atoms with van der Waals surface area (Å²) < 4.78 is 0. The van der Waals surface area contributed by atoms with E-state index in [0.717, 1.165) is 41.8 Å². The van der Waals surface area contributed by atoms with Crippen LogP contribution in [0.5, 0.6) is 0 Å². The van der Waals surface area contributed by atoms with Crippen molar-refractivity contribution in [1.82, 2.24) is 15.1 Å². The number of nitrogens with zero attached hydrogens (tertiary/aromatic N) is 2. The van der Waals surface area contributed by atoms with Crippen LogP contribution < -0.4 is 11.1 Å². The summed E-state index contributed by atoms with van der Waals surface area (Å²) in [4.78, 5) is 2.52. The average molecular weight is 335 g/mol. The third-order valence-corrected chi connectivity index (χ3v) is 5.07. The van der Waals surface area contributed by atoms with Crippen LogP contribution in [0, 0.1) is 6.92 Å². The summed E-state index contributed by atoms with van der Waals surface area (Å²) in [7, 11) is 0. The molecule has 5 heteroatoms. The summed E-state index contributed by atoms with van der Waals surface area (Å²) >= 11 is 0. The van der Waals surface area contributed by atoms with Gasteiger partial charge in [-0.1, -0.05) is 12.1 Å². The monoisotopic (exact) mass is 335 g/mol. The molecule has 0 amide bonds. The van der Waals surface area contributed by atoms with Crippen LogP contribution in [0.4, 0.5) is 11.4 Å². The van der Waals surface area contributed by atoms with Gasteiger partial charge in [0.15, 0.2) is 0 Å². The standard InChI is InChI=1S/C20H25N5/c1-14-4-5-15(9-19(14)21)12-25-8-2-3-18(13-25)23-17-6-7-20-16(10-17)11-22-24-20/h4-7,9-11,18,23H,2-3,8,12-13,21H2,1H3,(H,22,24). The Labute approximate surface area is 148 Å². The Morgan fingerprint density at radius 1 is 1.28 bits per heavy atom. The third-order valence-electron chi connectivity index (χ3n) is 5.07. The topological polar surface area (TPSA) is 70.0 Å². The van der Waals surface area contributed by atoms with Gasteiger partial charge in [-0.2, -0.15) is 5.10 Å². The van der Waals surface area contributed by atoms with Gasteiger partial charge in [-0.25, -0.2) is 0 Å². The molecule has 1 aliphatic heterocycles. The van der Waals surface area contributed by atoms with E-state index in [-0.39, 0.29) is 0 Å². The Morgan fingerprint density at radius 2 is 2.20 bits per heavy atom. The van der Waals surface area contributed by atoms with Gasteiger partial charge >= 0.3 is 0 Å². The Kier molecular flexibility index (Phi) is 4.32. The minimum atomic E-state index is 0.473. The molecule has 0 spiro atoms. The van der Waals surface area contributed by atoms with E-state index in [1.54, 1.807) is 0 Å². The molecule has 5 nitrogen and oxygen atoms in total. The third kappa shape index (κ3) is 3.61. The number of nitrogens with two attached hydrogens (primary N) is 1. The molecule has 1 atom stereocenters. The molecule has 3 aromatic rings. The molecule has 0 aliphatic carbocycles. The van der Waals surface area contributed by atoms with E-state index in [9.17, 15) is 0 Å². The molecule has 1 saturated heterocycles. The Bertz CT molecular complexity index is 869. The van der Waals surface area contributed by atoms with E-state index in [4.69, 9.17) is 5.73 Å². The molecule has 2 heterocycles. The van der Waals surface area contributed by atoms with Crippen LogP contribution in [0.25, 0.3) is 10.9 Å². The smallest absolute Gasteiger partial charge is 0.0651 e. The Balaban J connectivity index is 1.40. The van der Waals surface area contributed by atoms with Gasteiger partial charge in [0.2, 0.25) is 0 Å². The molecule has 1 aromatic heterocycles. The van der Waals surface area contributed by atoms with Gasteiger partial charge in [0.05, 0.1) is 11.7 Å². The largest absolute Gasteiger partial charge is 0.399 e. The molecule has 0 bridgehead atoms. The number of aryl methyl sites for hydroxylation is 1. The first-order valence-corrected chi connectivity index (χ1v) is 8.94. The van der Waals surface area contributed by atoms with Crippen molar-refractivity contribution in [3.8, 4) is 0 Å². The minimum absolute atomic E-state index is 0.473. The highest BCUT2D eigenvalue weighted by atomic mass is 15.2. The summed E-state index contributed by atoms with van der Waals surface area (Å²) in [6.07, 6.45) is 4.29. The summed E-state index contributed by atoms with van der Waals surface area (Å²) in [5.74, 6) is 0.